The Kier molecular flexibility index (Phi) is 4.39. The molecule has 1 heterocycles. The summed E-state index contributed by atoms with van der Waals surface area (Å²) in [7, 11) is 0. The molecule has 0 radical (unpaired) electrons. The van der Waals surface area contributed by atoms with Gasteiger partial charge in [-0.25, -0.2) is 4.79 Å². The topological polar surface area (TPSA) is 75.4 Å². The number of likely N-dealkylation sites (tertiary alicyclic amines) is 1. The number of carbonyl (C=O) groups excluding carboxylic acids is 2. The Balaban J connectivity index is 2.46. The average molecular weight is 213 g/mol. The number of nitrogens with two attached hydrogens (primary N) is 1. The van der Waals surface area contributed by atoms with E-state index in [0.29, 0.717) is 0 Å². The largest absolute Gasteiger partial charge is 0.352 e. The van der Waals surface area contributed by atoms with Crippen molar-refractivity contribution in [3.63, 3.8) is 0 Å². The maximum absolute atomic E-state index is 11.8. The molecule has 1 atom stereocenters. The summed E-state index contributed by atoms with van der Waals surface area (Å²) < 4.78 is 0. The first-order valence-corrected chi connectivity index (χ1v) is 5.46. The van der Waals surface area contributed by atoms with E-state index in [1.165, 1.54) is 12.8 Å². The third kappa shape index (κ3) is 3.77. The molecule has 0 aromatic rings. The number of amides is 3. The molecule has 15 heavy (non-hydrogen) atoms. The van der Waals surface area contributed by atoms with Gasteiger partial charge >= 0.3 is 6.03 Å². The third-order valence-corrected chi connectivity index (χ3v) is 2.65. The quantitative estimate of drug-likeness (QED) is 0.698. The maximum Gasteiger partial charge on any atom is 0.312 e. The molecule has 1 fully saturated rings. The minimum Gasteiger partial charge on any atom is -0.352 e. The summed E-state index contributed by atoms with van der Waals surface area (Å²) in [6.07, 6.45) is 4.47. The molecule has 86 valence electrons. The fourth-order valence-corrected chi connectivity index (χ4v) is 1.84. The average Bonchev–Trinajstić information content (AvgIpc) is 2.43. The van der Waals surface area contributed by atoms with Crippen LogP contribution in [0, 0.1) is 0 Å². The van der Waals surface area contributed by atoms with Crippen LogP contribution in [0.2, 0.25) is 0 Å². The van der Waals surface area contributed by atoms with Crippen LogP contribution in [0.3, 0.4) is 0 Å². The van der Waals surface area contributed by atoms with Gasteiger partial charge in [-0.1, -0.05) is 12.8 Å². The standard InChI is InChI=1S/C10H19N3O2/c1-8(12-10(11)15)9(14)13-6-4-2-3-5-7-13/h8H,2-7H2,1H3,(H3,11,12,15)/t8-/m1/s1. The van der Waals surface area contributed by atoms with Crippen molar-refractivity contribution in [2.75, 3.05) is 13.1 Å². The number of carbonyl (C=O) groups is 2. The van der Waals surface area contributed by atoms with Gasteiger partial charge in [-0.15, -0.1) is 0 Å². The Morgan fingerprint density at radius 1 is 1.20 bits per heavy atom. The molecule has 0 aliphatic carbocycles. The molecule has 1 aliphatic rings. The SMILES string of the molecule is C[C@@H](NC(N)=O)C(=O)N1CCCCCC1. The minimum absolute atomic E-state index is 0.0318. The predicted octanol–water partition coefficient (Wildman–Crippen LogP) is 0.446. The van der Waals surface area contributed by atoms with Gasteiger partial charge in [0.1, 0.15) is 6.04 Å². The molecule has 1 saturated heterocycles. The summed E-state index contributed by atoms with van der Waals surface area (Å²) in [5, 5.41) is 2.41. The summed E-state index contributed by atoms with van der Waals surface area (Å²) >= 11 is 0. The Morgan fingerprint density at radius 3 is 2.20 bits per heavy atom. The summed E-state index contributed by atoms with van der Waals surface area (Å²) in [6, 6.07) is -1.16. The molecular weight excluding hydrogens is 194 g/mol. The predicted molar refractivity (Wildman–Crippen MR) is 57.2 cm³/mol. The molecule has 3 amide bonds. The molecule has 5 heteroatoms. The van der Waals surface area contributed by atoms with Crippen LogP contribution in [-0.2, 0) is 4.79 Å². The number of hydrogen-bond donors (Lipinski definition) is 2. The Bertz CT molecular complexity index is 235. The normalized spacial score (nSPS) is 19.1. The van der Waals surface area contributed by atoms with Gasteiger partial charge < -0.3 is 16.0 Å². The highest BCUT2D eigenvalue weighted by atomic mass is 16.2. The third-order valence-electron chi connectivity index (χ3n) is 2.65. The Morgan fingerprint density at radius 2 is 1.73 bits per heavy atom. The van der Waals surface area contributed by atoms with E-state index in [4.69, 9.17) is 5.73 Å². The monoisotopic (exact) mass is 213 g/mol. The van der Waals surface area contributed by atoms with Gasteiger partial charge in [0.05, 0.1) is 0 Å². The summed E-state index contributed by atoms with van der Waals surface area (Å²) in [6.45, 7) is 3.26. The Hall–Kier alpha value is -1.26. The van der Waals surface area contributed by atoms with Gasteiger partial charge in [0.2, 0.25) is 5.91 Å². The molecule has 3 N–H and O–H groups in total. The summed E-state index contributed by atoms with van der Waals surface area (Å²) in [5.41, 5.74) is 4.97. The molecule has 0 aromatic heterocycles. The second-order valence-corrected chi connectivity index (χ2v) is 3.97. The van der Waals surface area contributed by atoms with E-state index < -0.39 is 12.1 Å². The van der Waals surface area contributed by atoms with Crippen molar-refractivity contribution < 1.29 is 9.59 Å². The van der Waals surface area contributed by atoms with E-state index in [9.17, 15) is 9.59 Å². The van der Waals surface area contributed by atoms with Crippen LogP contribution >= 0.6 is 0 Å². The van der Waals surface area contributed by atoms with Crippen molar-refractivity contribution in [1.82, 2.24) is 10.2 Å². The fourth-order valence-electron chi connectivity index (χ4n) is 1.84. The number of primary amides is 1. The zero-order valence-electron chi connectivity index (χ0n) is 9.16. The first kappa shape index (κ1) is 11.8. The lowest BCUT2D eigenvalue weighted by Gasteiger charge is -2.24. The molecule has 0 saturated carbocycles. The van der Waals surface area contributed by atoms with Crippen LogP contribution in [0.1, 0.15) is 32.6 Å². The van der Waals surface area contributed by atoms with Gasteiger partial charge in [0.25, 0.3) is 0 Å². The highest BCUT2D eigenvalue weighted by Gasteiger charge is 2.21. The molecule has 1 aliphatic heterocycles. The molecule has 5 nitrogen and oxygen atoms in total. The first-order chi connectivity index (χ1) is 7.11. The van der Waals surface area contributed by atoms with Gasteiger partial charge in [-0.05, 0) is 19.8 Å². The van der Waals surface area contributed by atoms with Crippen molar-refractivity contribution in [3.8, 4) is 0 Å². The van der Waals surface area contributed by atoms with Crippen molar-refractivity contribution in [1.29, 1.82) is 0 Å². The van der Waals surface area contributed by atoms with Gasteiger partial charge in [-0.2, -0.15) is 0 Å². The first-order valence-electron chi connectivity index (χ1n) is 5.46. The van der Waals surface area contributed by atoms with Gasteiger partial charge in [-0.3, -0.25) is 4.79 Å². The minimum atomic E-state index is -0.648. The number of rotatable bonds is 2. The lowest BCUT2D eigenvalue weighted by molar-refractivity contribution is -0.132. The van der Waals surface area contributed by atoms with Crippen LogP contribution < -0.4 is 11.1 Å². The van der Waals surface area contributed by atoms with E-state index in [2.05, 4.69) is 5.32 Å². The highest BCUT2D eigenvalue weighted by molar-refractivity contribution is 5.86. The molecule has 1 rings (SSSR count). The zero-order chi connectivity index (χ0) is 11.3. The van der Waals surface area contributed by atoms with Gasteiger partial charge in [0.15, 0.2) is 0 Å². The lowest BCUT2D eigenvalue weighted by atomic mass is 10.2. The van der Waals surface area contributed by atoms with E-state index in [-0.39, 0.29) is 5.91 Å². The van der Waals surface area contributed by atoms with E-state index in [1.54, 1.807) is 6.92 Å². The lowest BCUT2D eigenvalue weighted by Crippen LogP contribution is -2.48. The van der Waals surface area contributed by atoms with Crippen molar-refractivity contribution >= 4 is 11.9 Å². The summed E-state index contributed by atoms with van der Waals surface area (Å²) in [5.74, 6) is -0.0318. The smallest absolute Gasteiger partial charge is 0.312 e. The van der Waals surface area contributed by atoms with Gasteiger partial charge in [0, 0.05) is 13.1 Å². The van der Waals surface area contributed by atoms with Crippen LogP contribution in [0.25, 0.3) is 0 Å². The van der Waals surface area contributed by atoms with Crippen molar-refractivity contribution in [2.24, 2.45) is 5.73 Å². The number of nitrogens with one attached hydrogen (secondary N) is 1. The van der Waals surface area contributed by atoms with E-state index in [1.807, 2.05) is 4.90 Å². The summed E-state index contributed by atoms with van der Waals surface area (Å²) in [4.78, 5) is 24.3. The van der Waals surface area contributed by atoms with Crippen LogP contribution in [0.15, 0.2) is 0 Å². The van der Waals surface area contributed by atoms with Crippen LogP contribution in [0.5, 0.6) is 0 Å². The fraction of sp³-hybridized carbons (Fsp3) is 0.800. The number of urea groups is 1. The number of nitrogens with zero attached hydrogens (tertiary/aromatic N) is 1. The second kappa shape index (κ2) is 5.58. The van der Waals surface area contributed by atoms with Crippen LogP contribution in [0.4, 0.5) is 4.79 Å². The molecule has 0 bridgehead atoms. The molecule has 0 unspecified atom stereocenters. The number of hydrogen-bond acceptors (Lipinski definition) is 2. The van der Waals surface area contributed by atoms with Crippen LogP contribution in [-0.4, -0.2) is 36.0 Å². The molecular formula is C10H19N3O2. The maximum atomic E-state index is 11.8. The second-order valence-electron chi connectivity index (χ2n) is 3.97. The van der Waals surface area contributed by atoms with Crippen molar-refractivity contribution in [3.05, 3.63) is 0 Å². The zero-order valence-corrected chi connectivity index (χ0v) is 9.16. The highest BCUT2D eigenvalue weighted by Crippen LogP contribution is 2.10. The van der Waals surface area contributed by atoms with E-state index >= 15 is 0 Å². The molecule has 0 spiro atoms. The molecule has 0 aromatic carbocycles. The Labute approximate surface area is 90.0 Å². The van der Waals surface area contributed by atoms with E-state index in [0.717, 1.165) is 25.9 Å². The van der Waals surface area contributed by atoms with Crippen molar-refractivity contribution in [2.45, 2.75) is 38.6 Å².